The Bertz CT molecular complexity index is 783. The van der Waals surface area contributed by atoms with Crippen molar-refractivity contribution in [2.45, 2.75) is 39.0 Å². The van der Waals surface area contributed by atoms with Gasteiger partial charge in [-0.25, -0.2) is 5.43 Å². The second-order valence-corrected chi connectivity index (χ2v) is 6.62. The number of nitrogens with zero attached hydrogens (tertiary/aromatic N) is 3. The number of carbonyl (C=O) groups is 3. The molecule has 3 amide bonds. The summed E-state index contributed by atoms with van der Waals surface area (Å²) in [6.45, 7) is 1.72. The molecule has 1 aromatic carbocycles. The molecule has 7 nitrogen and oxygen atoms in total. The van der Waals surface area contributed by atoms with E-state index in [0.717, 1.165) is 31.2 Å². The molecule has 1 saturated carbocycles. The van der Waals surface area contributed by atoms with Gasteiger partial charge in [0.25, 0.3) is 5.91 Å². The van der Waals surface area contributed by atoms with E-state index in [9.17, 15) is 14.4 Å². The van der Waals surface area contributed by atoms with Crippen LogP contribution >= 0.6 is 0 Å². The molecule has 0 aromatic heterocycles. The van der Waals surface area contributed by atoms with Crippen molar-refractivity contribution in [3.05, 3.63) is 29.8 Å². The number of nitriles is 1. The monoisotopic (exact) mass is 352 g/mol. The van der Waals surface area contributed by atoms with E-state index in [1.807, 2.05) is 0 Å². The van der Waals surface area contributed by atoms with E-state index in [4.69, 9.17) is 5.26 Å². The molecule has 1 heterocycles. The Labute approximate surface area is 151 Å². The number of fused-ring (bicyclic) bond motifs is 1. The van der Waals surface area contributed by atoms with E-state index in [1.165, 1.54) is 4.90 Å². The number of carbonyl (C=O) groups excluding carboxylic acids is 3. The van der Waals surface area contributed by atoms with Crippen LogP contribution in [0.2, 0.25) is 0 Å². The molecule has 26 heavy (non-hydrogen) atoms. The zero-order valence-corrected chi connectivity index (χ0v) is 14.6. The van der Waals surface area contributed by atoms with E-state index in [-0.39, 0.29) is 30.1 Å². The van der Waals surface area contributed by atoms with Gasteiger partial charge in [0.05, 0.1) is 29.3 Å². The van der Waals surface area contributed by atoms with Crippen molar-refractivity contribution in [2.24, 2.45) is 16.9 Å². The maximum Gasteiger partial charge on any atom is 0.254 e. The van der Waals surface area contributed by atoms with Crippen LogP contribution in [-0.4, -0.2) is 23.4 Å². The van der Waals surface area contributed by atoms with Crippen LogP contribution in [0.1, 0.15) is 44.6 Å². The van der Waals surface area contributed by atoms with Crippen LogP contribution in [0.25, 0.3) is 0 Å². The molecule has 2 fully saturated rings. The Hall–Kier alpha value is -3.01. The molecule has 1 aliphatic heterocycles. The minimum atomic E-state index is -0.473. The molecular weight excluding hydrogens is 332 g/mol. The summed E-state index contributed by atoms with van der Waals surface area (Å²) >= 11 is 0. The Morgan fingerprint density at radius 1 is 1.19 bits per heavy atom. The van der Waals surface area contributed by atoms with Crippen molar-refractivity contribution in [3.8, 4) is 6.07 Å². The van der Waals surface area contributed by atoms with E-state index in [1.54, 1.807) is 37.3 Å². The fraction of sp³-hybridized carbons (Fsp3) is 0.421. The van der Waals surface area contributed by atoms with Crippen molar-refractivity contribution in [3.63, 3.8) is 0 Å². The first-order valence-corrected chi connectivity index (χ1v) is 8.71. The summed E-state index contributed by atoms with van der Waals surface area (Å²) in [5.41, 5.74) is 4.19. The van der Waals surface area contributed by atoms with Crippen LogP contribution < -0.4 is 10.3 Å². The molecule has 1 saturated heterocycles. The topological polar surface area (TPSA) is 103 Å². The molecule has 1 aromatic rings. The van der Waals surface area contributed by atoms with Crippen LogP contribution in [0.3, 0.4) is 0 Å². The average molecular weight is 352 g/mol. The van der Waals surface area contributed by atoms with Gasteiger partial charge in [-0.3, -0.25) is 19.3 Å². The third-order valence-electron chi connectivity index (χ3n) is 4.97. The van der Waals surface area contributed by atoms with Gasteiger partial charge in [-0.2, -0.15) is 10.4 Å². The van der Waals surface area contributed by atoms with Gasteiger partial charge in [-0.1, -0.05) is 25.0 Å². The predicted molar refractivity (Wildman–Crippen MR) is 95.0 cm³/mol. The molecule has 7 heteroatoms. The predicted octanol–water partition coefficient (Wildman–Crippen LogP) is 2.12. The third kappa shape index (κ3) is 3.36. The lowest BCUT2D eigenvalue weighted by molar-refractivity contribution is -0.123. The zero-order valence-electron chi connectivity index (χ0n) is 14.6. The molecular formula is C19H20N4O3. The Morgan fingerprint density at radius 3 is 2.31 bits per heavy atom. The Kier molecular flexibility index (Phi) is 5.12. The van der Waals surface area contributed by atoms with E-state index < -0.39 is 5.91 Å². The van der Waals surface area contributed by atoms with E-state index in [0.29, 0.717) is 11.4 Å². The zero-order chi connectivity index (χ0) is 18.7. The van der Waals surface area contributed by atoms with Gasteiger partial charge in [-0.05, 0) is 37.5 Å². The number of benzene rings is 1. The van der Waals surface area contributed by atoms with Crippen LogP contribution in [0, 0.1) is 23.2 Å². The van der Waals surface area contributed by atoms with Gasteiger partial charge in [0.15, 0.2) is 0 Å². The third-order valence-corrected chi connectivity index (χ3v) is 4.97. The molecule has 0 bridgehead atoms. The second-order valence-electron chi connectivity index (χ2n) is 6.62. The summed E-state index contributed by atoms with van der Waals surface area (Å²) < 4.78 is 0. The standard InChI is InChI=1S/C19H20N4O3/c1-12(21-22-17(24)10-11-20)13-6-8-14(9-7-13)23-18(25)15-4-2-3-5-16(15)19(23)26/h6-9,15-16H,2-5,10H2,1H3,(H,22,24)/b21-12-. The lowest BCUT2D eigenvalue weighted by atomic mass is 9.81. The summed E-state index contributed by atoms with van der Waals surface area (Å²) in [6.07, 6.45) is 3.33. The van der Waals surface area contributed by atoms with Crippen molar-refractivity contribution < 1.29 is 14.4 Å². The number of amides is 3. The van der Waals surface area contributed by atoms with E-state index >= 15 is 0 Å². The van der Waals surface area contributed by atoms with Crippen molar-refractivity contribution in [2.75, 3.05) is 4.90 Å². The van der Waals surface area contributed by atoms with Crippen LogP contribution in [0.15, 0.2) is 29.4 Å². The van der Waals surface area contributed by atoms with Crippen LogP contribution in [0.5, 0.6) is 0 Å². The van der Waals surface area contributed by atoms with Crippen molar-refractivity contribution in [1.29, 1.82) is 5.26 Å². The van der Waals surface area contributed by atoms with Gasteiger partial charge < -0.3 is 0 Å². The number of anilines is 1. The highest BCUT2D eigenvalue weighted by atomic mass is 16.2. The highest BCUT2D eigenvalue weighted by Crippen LogP contribution is 2.40. The average Bonchev–Trinajstić information content (AvgIpc) is 2.91. The lowest BCUT2D eigenvalue weighted by Gasteiger charge is -2.19. The normalized spacial score (nSPS) is 22.8. The van der Waals surface area contributed by atoms with Gasteiger partial charge in [0.2, 0.25) is 11.8 Å². The number of hydrazone groups is 1. The highest BCUT2D eigenvalue weighted by Gasteiger charge is 2.48. The number of nitrogens with one attached hydrogen (secondary N) is 1. The SMILES string of the molecule is C/C(=N/NC(=O)CC#N)c1ccc(N2C(=O)C3CCCCC3C2=O)cc1. The number of imide groups is 1. The highest BCUT2D eigenvalue weighted by molar-refractivity contribution is 6.22. The largest absolute Gasteiger partial charge is 0.274 e. The Balaban J connectivity index is 1.74. The lowest BCUT2D eigenvalue weighted by Crippen LogP contribution is -2.30. The number of hydrogen-bond acceptors (Lipinski definition) is 5. The Morgan fingerprint density at radius 2 is 1.77 bits per heavy atom. The number of hydrogen-bond donors (Lipinski definition) is 1. The van der Waals surface area contributed by atoms with Gasteiger partial charge in [0, 0.05) is 0 Å². The molecule has 134 valence electrons. The van der Waals surface area contributed by atoms with Crippen molar-refractivity contribution in [1.82, 2.24) is 5.43 Å². The first kappa shape index (κ1) is 17.8. The summed E-state index contributed by atoms with van der Waals surface area (Å²) in [7, 11) is 0. The maximum absolute atomic E-state index is 12.6. The fourth-order valence-electron chi connectivity index (χ4n) is 3.59. The van der Waals surface area contributed by atoms with E-state index in [2.05, 4.69) is 10.5 Å². The van der Waals surface area contributed by atoms with Gasteiger partial charge >= 0.3 is 0 Å². The quantitative estimate of drug-likeness (QED) is 0.509. The molecule has 1 aliphatic carbocycles. The van der Waals surface area contributed by atoms with Gasteiger partial charge in [0.1, 0.15) is 6.42 Å². The maximum atomic E-state index is 12.6. The molecule has 0 radical (unpaired) electrons. The summed E-state index contributed by atoms with van der Waals surface area (Å²) in [4.78, 5) is 37.8. The first-order valence-electron chi connectivity index (χ1n) is 8.71. The molecule has 2 unspecified atom stereocenters. The van der Waals surface area contributed by atoms with Crippen molar-refractivity contribution >= 4 is 29.1 Å². The van der Waals surface area contributed by atoms with Crippen LogP contribution in [-0.2, 0) is 14.4 Å². The molecule has 2 aliphatic rings. The second kappa shape index (κ2) is 7.48. The summed E-state index contributed by atoms with van der Waals surface area (Å²) in [5.74, 6) is -1.01. The fourth-order valence-corrected chi connectivity index (χ4v) is 3.59. The minimum absolute atomic E-state index is 0.0957. The van der Waals surface area contributed by atoms with Crippen LogP contribution in [0.4, 0.5) is 5.69 Å². The summed E-state index contributed by atoms with van der Waals surface area (Å²) in [6, 6.07) is 8.70. The molecule has 2 atom stereocenters. The smallest absolute Gasteiger partial charge is 0.254 e. The number of rotatable bonds is 4. The summed E-state index contributed by atoms with van der Waals surface area (Å²) in [5, 5.41) is 12.4. The van der Waals surface area contributed by atoms with Gasteiger partial charge in [-0.15, -0.1) is 0 Å². The first-order chi connectivity index (χ1) is 12.5. The molecule has 1 N–H and O–H groups in total. The molecule has 0 spiro atoms. The molecule has 3 rings (SSSR count). The minimum Gasteiger partial charge on any atom is -0.274 e.